The van der Waals surface area contributed by atoms with Crippen LogP contribution in [-0.2, 0) is 4.79 Å². The van der Waals surface area contributed by atoms with Gasteiger partial charge in [-0.2, -0.15) is 0 Å². The molecule has 0 bridgehead atoms. The molecule has 0 aliphatic carbocycles. The lowest BCUT2D eigenvalue weighted by atomic mass is 9.89. The number of hydrogen-bond acceptors (Lipinski definition) is 1. The van der Waals surface area contributed by atoms with Crippen molar-refractivity contribution in [1.29, 1.82) is 0 Å². The van der Waals surface area contributed by atoms with E-state index >= 15 is 0 Å². The van der Waals surface area contributed by atoms with Crippen LogP contribution in [0.1, 0.15) is 151 Å². The van der Waals surface area contributed by atoms with Crippen molar-refractivity contribution in [2.24, 2.45) is 35.5 Å². The van der Waals surface area contributed by atoms with Crippen molar-refractivity contribution in [1.82, 2.24) is 0 Å². The first-order chi connectivity index (χ1) is 15.1. The lowest BCUT2D eigenvalue weighted by molar-refractivity contribution is -0.141. The highest BCUT2D eigenvalue weighted by molar-refractivity contribution is 5.69. The van der Waals surface area contributed by atoms with E-state index in [1.165, 1.54) is 89.9 Å². The van der Waals surface area contributed by atoms with Crippen LogP contribution in [0.15, 0.2) is 0 Å². The fourth-order valence-electron chi connectivity index (χ4n) is 4.94. The van der Waals surface area contributed by atoms with Gasteiger partial charge in [-0.1, -0.05) is 145 Å². The molecule has 0 rings (SSSR count). The first kappa shape index (κ1) is 31.5. The average Bonchev–Trinajstić information content (AvgIpc) is 2.73. The van der Waals surface area contributed by atoms with E-state index in [2.05, 4.69) is 41.5 Å². The zero-order valence-corrected chi connectivity index (χ0v) is 23.1. The molecule has 0 fully saturated rings. The van der Waals surface area contributed by atoms with Crippen LogP contribution in [0.2, 0.25) is 0 Å². The monoisotopic (exact) mass is 452 g/mol. The molecule has 0 heterocycles. The predicted octanol–water partition coefficient (Wildman–Crippen LogP) is 10.1. The summed E-state index contributed by atoms with van der Waals surface area (Å²) in [5.41, 5.74) is 0. The molecule has 0 radical (unpaired) electrons. The van der Waals surface area contributed by atoms with Crippen molar-refractivity contribution < 1.29 is 9.90 Å². The Kier molecular flexibility index (Phi) is 19.6. The van der Waals surface area contributed by atoms with Crippen LogP contribution in [-0.4, -0.2) is 11.1 Å². The Morgan fingerprint density at radius 3 is 1.00 bits per heavy atom. The van der Waals surface area contributed by atoms with E-state index in [0.29, 0.717) is 0 Å². The van der Waals surface area contributed by atoms with Gasteiger partial charge in [-0.3, -0.25) is 4.79 Å². The Balaban J connectivity index is 3.64. The summed E-state index contributed by atoms with van der Waals surface area (Å²) in [7, 11) is 0. The number of carbonyl (C=O) groups is 1. The first-order valence-corrected chi connectivity index (χ1v) is 14.4. The molecule has 32 heavy (non-hydrogen) atoms. The molecule has 0 unspecified atom stereocenters. The molecule has 192 valence electrons. The molecule has 0 aliphatic rings. The van der Waals surface area contributed by atoms with Crippen molar-refractivity contribution >= 4 is 5.97 Å². The third-order valence-corrected chi connectivity index (χ3v) is 8.03. The van der Waals surface area contributed by atoms with Gasteiger partial charge in [0.2, 0.25) is 0 Å². The Morgan fingerprint density at radius 1 is 0.500 bits per heavy atom. The summed E-state index contributed by atoms with van der Waals surface area (Å²) in [6.07, 6.45) is 21.1. The molecular formula is C30H60O2. The Morgan fingerprint density at radius 2 is 0.750 bits per heavy atom. The molecular weight excluding hydrogens is 392 g/mol. The largest absolute Gasteiger partial charge is 0.481 e. The van der Waals surface area contributed by atoms with Gasteiger partial charge in [-0.05, 0) is 36.0 Å². The lowest BCUT2D eigenvalue weighted by Crippen LogP contribution is -2.09. The van der Waals surface area contributed by atoms with E-state index in [4.69, 9.17) is 5.11 Å². The molecule has 0 aromatic heterocycles. The van der Waals surface area contributed by atoms with Gasteiger partial charge in [0, 0.05) is 0 Å². The number of rotatable bonds is 22. The van der Waals surface area contributed by atoms with Crippen molar-refractivity contribution in [2.75, 3.05) is 0 Å². The molecule has 0 aromatic rings. The van der Waals surface area contributed by atoms with Crippen molar-refractivity contribution in [3.8, 4) is 0 Å². The second kappa shape index (κ2) is 19.9. The maximum atomic E-state index is 10.9. The minimum absolute atomic E-state index is 0.188. The summed E-state index contributed by atoms with van der Waals surface area (Å²) < 4.78 is 0. The molecule has 0 amide bonds. The molecule has 0 spiro atoms. The van der Waals surface area contributed by atoms with E-state index < -0.39 is 5.97 Å². The minimum atomic E-state index is -0.650. The smallest absolute Gasteiger partial charge is 0.306 e. The predicted molar refractivity (Wildman–Crippen MR) is 142 cm³/mol. The van der Waals surface area contributed by atoms with Crippen LogP contribution in [0, 0.1) is 35.5 Å². The highest BCUT2D eigenvalue weighted by Gasteiger charge is 2.12. The van der Waals surface area contributed by atoms with Crippen LogP contribution in [0.5, 0.6) is 0 Å². The third kappa shape index (κ3) is 19.0. The molecule has 0 aromatic carbocycles. The molecule has 0 saturated carbocycles. The fraction of sp³-hybridized carbons (Fsp3) is 0.967. The second-order valence-electron chi connectivity index (χ2n) is 11.8. The van der Waals surface area contributed by atoms with Gasteiger partial charge in [0.1, 0.15) is 0 Å². The first-order valence-electron chi connectivity index (χ1n) is 14.4. The van der Waals surface area contributed by atoms with E-state index in [0.717, 1.165) is 42.4 Å². The summed E-state index contributed by atoms with van der Waals surface area (Å²) in [6.45, 7) is 16.2. The zero-order valence-electron chi connectivity index (χ0n) is 23.1. The Hall–Kier alpha value is -0.530. The third-order valence-electron chi connectivity index (χ3n) is 8.03. The SMILES string of the molecule is CC[C@H](C)CCC[C@H](C)CCC[C@H](C)CCC[C@H](C)CCC[C@H](C)CCC[C@@H](C)C(=O)O. The van der Waals surface area contributed by atoms with Crippen molar-refractivity contribution in [3.05, 3.63) is 0 Å². The molecule has 6 atom stereocenters. The topological polar surface area (TPSA) is 37.3 Å². The van der Waals surface area contributed by atoms with Crippen LogP contribution in [0.25, 0.3) is 0 Å². The number of aliphatic carboxylic acids is 1. The lowest BCUT2D eigenvalue weighted by Gasteiger charge is -2.17. The summed E-state index contributed by atoms with van der Waals surface area (Å²) >= 11 is 0. The van der Waals surface area contributed by atoms with E-state index in [1.54, 1.807) is 0 Å². The van der Waals surface area contributed by atoms with Gasteiger partial charge in [-0.15, -0.1) is 0 Å². The maximum absolute atomic E-state index is 10.9. The molecule has 0 saturated heterocycles. The summed E-state index contributed by atoms with van der Waals surface area (Å²) in [4.78, 5) is 10.9. The normalized spacial score (nSPS) is 17.5. The highest BCUT2D eigenvalue weighted by Crippen LogP contribution is 2.25. The number of carboxylic acids is 1. The van der Waals surface area contributed by atoms with Crippen LogP contribution >= 0.6 is 0 Å². The quantitative estimate of drug-likeness (QED) is 0.177. The molecule has 0 aliphatic heterocycles. The van der Waals surface area contributed by atoms with Crippen molar-refractivity contribution in [3.63, 3.8) is 0 Å². The van der Waals surface area contributed by atoms with Gasteiger partial charge >= 0.3 is 5.97 Å². The Labute approximate surface area is 202 Å². The second-order valence-corrected chi connectivity index (χ2v) is 11.8. The molecule has 2 heteroatoms. The highest BCUT2D eigenvalue weighted by atomic mass is 16.4. The average molecular weight is 453 g/mol. The van der Waals surface area contributed by atoms with Crippen LogP contribution < -0.4 is 0 Å². The van der Waals surface area contributed by atoms with E-state index in [9.17, 15) is 4.79 Å². The van der Waals surface area contributed by atoms with E-state index in [1.807, 2.05) is 6.92 Å². The van der Waals surface area contributed by atoms with E-state index in [-0.39, 0.29) is 5.92 Å². The maximum Gasteiger partial charge on any atom is 0.306 e. The molecule has 1 N–H and O–H groups in total. The summed E-state index contributed by atoms with van der Waals surface area (Å²) in [5, 5.41) is 8.97. The van der Waals surface area contributed by atoms with Gasteiger partial charge < -0.3 is 5.11 Å². The summed E-state index contributed by atoms with van der Waals surface area (Å²) in [5.74, 6) is 3.47. The number of hydrogen-bond donors (Lipinski definition) is 1. The fourth-order valence-corrected chi connectivity index (χ4v) is 4.94. The van der Waals surface area contributed by atoms with Gasteiger partial charge in [0.05, 0.1) is 5.92 Å². The minimum Gasteiger partial charge on any atom is -0.481 e. The zero-order chi connectivity index (χ0) is 24.4. The Bertz CT molecular complexity index is 433. The van der Waals surface area contributed by atoms with Crippen LogP contribution in [0.3, 0.4) is 0 Å². The van der Waals surface area contributed by atoms with Gasteiger partial charge in [0.25, 0.3) is 0 Å². The number of carboxylic acid groups (broad SMARTS) is 1. The van der Waals surface area contributed by atoms with Crippen LogP contribution in [0.4, 0.5) is 0 Å². The van der Waals surface area contributed by atoms with Crippen molar-refractivity contribution in [2.45, 2.75) is 151 Å². The molecule has 2 nitrogen and oxygen atoms in total. The standard InChI is InChI=1S/C30H60O2/c1-8-24(2)14-9-15-25(3)16-10-17-26(4)18-11-19-27(5)20-12-21-28(6)22-13-23-29(7)30(31)32/h24-29H,8-23H2,1-7H3,(H,31,32)/t24-,25-,26-,27-,28-,29+/m0/s1. The van der Waals surface area contributed by atoms with Gasteiger partial charge in [0.15, 0.2) is 0 Å². The summed E-state index contributed by atoms with van der Waals surface area (Å²) in [6, 6.07) is 0. The van der Waals surface area contributed by atoms with Gasteiger partial charge in [-0.25, -0.2) is 0 Å².